The first kappa shape index (κ1) is 30.2. The van der Waals surface area contributed by atoms with Gasteiger partial charge in [-0.3, -0.25) is 13.9 Å². The van der Waals surface area contributed by atoms with Gasteiger partial charge in [0.2, 0.25) is 0 Å². The Morgan fingerprint density at radius 1 is 1.30 bits per heavy atom. The van der Waals surface area contributed by atoms with Crippen LogP contribution in [0.4, 0.5) is 5.82 Å². The third-order valence-corrected chi connectivity index (χ3v) is 8.14. The van der Waals surface area contributed by atoms with Crippen molar-refractivity contribution >= 4 is 42.3 Å². The molecule has 1 saturated heterocycles. The van der Waals surface area contributed by atoms with Gasteiger partial charge in [-0.2, -0.15) is 5.09 Å². The average molecular weight is 597 g/mol. The molecule has 1 aliphatic heterocycles. The van der Waals surface area contributed by atoms with Crippen molar-refractivity contribution in [1.29, 1.82) is 0 Å². The number of carbonyl (C=O) groups excluding carboxylic acids is 1. The Morgan fingerprint density at radius 2 is 2.00 bits per heavy atom. The van der Waals surface area contributed by atoms with Crippen molar-refractivity contribution in [3.05, 3.63) is 43.0 Å². The number of esters is 1. The molecule has 218 valence electrons. The van der Waals surface area contributed by atoms with Crippen LogP contribution in [-0.4, -0.2) is 66.9 Å². The van der Waals surface area contributed by atoms with Gasteiger partial charge in [-0.25, -0.2) is 19.5 Å². The van der Waals surface area contributed by atoms with E-state index in [2.05, 4.69) is 20.0 Å². The van der Waals surface area contributed by atoms with E-state index in [1.54, 1.807) is 37.3 Å². The summed E-state index contributed by atoms with van der Waals surface area (Å²) in [6.07, 6.45) is -0.529. The molecular weight excluding hydrogens is 563 g/mol. The van der Waals surface area contributed by atoms with Gasteiger partial charge in [0.15, 0.2) is 17.7 Å². The van der Waals surface area contributed by atoms with Crippen LogP contribution in [0.25, 0.3) is 11.2 Å². The van der Waals surface area contributed by atoms with Gasteiger partial charge in [0.25, 0.3) is 0 Å². The van der Waals surface area contributed by atoms with Crippen LogP contribution in [0, 0.1) is 5.41 Å². The number of anilines is 1. The van der Waals surface area contributed by atoms with Gasteiger partial charge in [0.05, 0.1) is 19.5 Å². The Labute approximate surface area is 236 Å². The summed E-state index contributed by atoms with van der Waals surface area (Å²) in [5.74, 6) is -0.211. The molecular formula is C25H34ClN6O7P. The van der Waals surface area contributed by atoms with E-state index in [0.717, 1.165) is 0 Å². The van der Waals surface area contributed by atoms with Crippen LogP contribution >= 0.6 is 19.3 Å². The zero-order chi connectivity index (χ0) is 29.3. The maximum Gasteiger partial charge on any atom is 0.459 e. The number of aliphatic hydroxyl groups is 1. The van der Waals surface area contributed by atoms with Crippen molar-refractivity contribution < 1.29 is 33.0 Å². The number of ether oxygens (including phenoxy) is 2. The molecule has 0 spiro atoms. The fraction of sp³-hybridized carbons (Fsp3) is 0.520. The van der Waals surface area contributed by atoms with Gasteiger partial charge in [-0.15, -0.1) is 11.6 Å². The number of carbonyl (C=O) groups is 1. The fourth-order valence-corrected chi connectivity index (χ4v) is 5.78. The fourth-order valence-electron chi connectivity index (χ4n) is 3.98. The summed E-state index contributed by atoms with van der Waals surface area (Å²) in [5.41, 5.74) is 6.35. The highest BCUT2D eigenvalue weighted by molar-refractivity contribution is 7.52. The average Bonchev–Trinajstić information content (AvgIpc) is 3.40. The molecule has 1 fully saturated rings. The van der Waals surface area contributed by atoms with E-state index in [1.807, 2.05) is 20.8 Å². The minimum absolute atomic E-state index is 0.167. The van der Waals surface area contributed by atoms with Crippen LogP contribution in [-0.2, 0) is 23.4 Å². The molecule has 0 bridgehead atoms. The van der Waals surface area contributed by atoms with Crippen molar-refractivity contribution in [2.75, 3.05) is 18.9 Å². The molecule has 3 aromatic rings. The van der Waals surface area contributed by atoms with E-state index in [0.29, 0.717) is 11.2 Å². The van der Waals surface area contributed by atoms with E-state index in [-0.39, 0.29) is 23.6 Å². The smallest absolute Gasteiger partial charge is 0.459 e. The molecule has 0 aliphatic carbocycles. The number of nitrogen functional groups attached to an aromatic ring is 1. The number of alkyl halides is 1. The van der Waals surface area contributed by atoms with E-state index in [1.165, 1.54) is 24.1 Å². The van der Waals surface area contributed by atoms with Crippen molar-refractivity contribution in [2.45, 2.75) is 64.0 Å². The number of nitrogens with one attached hydrogen (secondary N) is 1. The SMILES string of the molecule is C[C@@H](N[P@@](=O)(OC[C@H]1O[C@@H](n2cnc3c(N)ncnc32)[C@](C)(Cl)[C@@H]1O)Oc1ccccc1)C(=O)OCC(C)(C)C. The van der Waals surface area contributed by atoms with E-state index < -0.39 is 49.7 Å². The predicted octanol–water partition coefficient (Wildman–Crippen LogP) is 3.44. The number of nitrogens with zero attached hydrogens (tertiary/aromatic N) is 4. The normalized spacial score (nSPS) is 25.4. The molecule has 1 aromatic carbocycles. The summed E-state index contributed by atoms with van der Waals surface area (Å²) in [4.78, 5) is 23.6. The van der Waals surface area contributed by atoms with E-state index in [4.69, 9.17) is 35.9 Å². The first-order valence-corrected chi connectivity index (χ1v) is 14.5. The molecule has 0 radical (unpaired) electrons. The summed E-state index contributed by atoms with van der Waals surface area (Å²) in [6, 6.07) is 7.29. The predicted molar refractivity (Wildman–Crippen MR) is 148 cm³/mol. The van der Waals surface area contributed by atoms with Crippen LogP contribution in [0.3, 0.4) is 0 Å². The van der Waals surface area contributed by atoms with Crippen LogP contribution in [0.15, 0.2) is 43.0 Å². The quantitative estimate of drug-likeness (QED) is 0.177. The van der Waals surface area contributed by atoms with Crippen LogP contribution in [0.2, 0.25) is 0 Å². The maximum absolute atomic E-state index is 13.9. The van der Waals surface area contributed by atoms with Gasteiger partial charge >= 0.3 is 13.7 Å². The lowest BCUT2D eigenvalue weighted by molar-refractivity contribution is -0.148. The number of rotatable bonds is 10. The molecule has 0 unspecified atom stereocenters. The van der Waals surface area contributed by atoms with Crippen molar-refractivity contribution in [1.82, 2.24) is 24.6 Å². The number of fused-ring (bicyclic) bond motifs is 1. The zero-order valence-corrected chi connectivity index (χ0v) is 24.5. The first-order valence-electron chi connectivity index (χ1n) is 12.6. The van der Waals surface area contributed by atoms with Crippen LogP contribution in [0.5, 0.6) is 5.75 Å². The molecule has 4 N–H and O–H groups in total. The molecule has 6 atom stereocenters. The van der Waals surface area contributed by atoms with Gasteiger partial charge in [-0.05, 0) is 31.4 Å². The molecule has 0 amide bonds. The van der Waals surface area contributed by atoms with Crippen molar-refractivity contribution in [2.24, 2.45) is 5.41 Å². The minimum atomic E-state index is -4.20. The van der Waals surface area contributed by atoms with Gasteiger partial charge in [-0.1, -0.05) is 39.0 Å². The third-order valence-electron chi connectivity index (χ3n) is 6.09. The molecule has 1 aliphatic rings. The number of halogens is 1. The monoisotopic (exact) mass is 596 g/mol. The highest BCUT2D eigenvalue weighted by atomic mass is 35.5. The molecule has 2 aromatic heterocycles. The second-order valence-electron chi connectivity index (χ2n) is 10.9. The largest absolute Gasteiger partial charge is 0.464 e. The van der Waals surface area contributed by atoms with Crippen molar-refractivity contribution in [3.8, 4) is 5.75 Å². The maximum atomic E-state index is 13.9. The number of hydrogen-bond donors (Lipinski definition) is 3. The summed E-state index contributed by atoms with van der Waals surface area (Å²) in [5, 5.41) is 13.7. The Kier molecular flexibility index (Phi) is 8.74. The van der Waals surface area contributed by atoms with Crippen LogP contribution < -0.4 is 15.3 Å². The number of benzene rings is 1. The van der Waals surface area contributed by atoms with Crippen LogP contribution in [0.1, 0.15) is 40.8 Å². The zero-order valence-electron chi connectivity index (χ0n) is 22.9. The lowest BCUT2D eigenvalue weighted by atomic mass is 9.99. The highest BCUT2D eigenvalue weighted by Crippen LogP contribution is 2.48. The number of aliphatic hydroxyl groups excluding tert-OH is 1. The second kappa shape index (κ2) is 11.6. The van der Waals surface area contributed by atoms with Crippen molar-refractivity contribution in [3.63, 3.8) is 0 Å². The summed E-state index contributed by atoms with van der Waals surface area (Å²) >= 11 is 6.76. The summed E-state index contributed by atoms with van der Waals surface area (Å²) < 4.78 is 38.2. The Morgan fingerprint density at radius 3 is 2.67 bits per heavy atom. The number of hydrogen-bond acceptors (Lipinski definition) is 11. The topological polar surface area (TPSA) is 173 Å². The minimum Gasteiger partial charge on any atom is -0.464 e. The second-order valence-corrected chi connectivity index (χ2v) is 13.4. The van der Waals surface area contributed by atoms with Gasteiger partial charge < -0.3 is 24.8 Å². The highest BCUT2D eigenvalue weighted by Gasteiger charge is 2.54. The molecule has 40 heavy (non-hydrogen) atoms. The Hall–Kier alpha value is -2.80. The lowest BCUT2D eigenvalue weighted by Gasteiger charge is -2.26. The first-order chi connectivity index (χ1) is 18.7. The molecule has 15 heteroatoms. The third kappa shape index (κ3) is 6.73. The number of imidazole rings is 1. The number of nitrogens with two attached hydrogens (primary N) is 1. The van der Waals surface area contributed by atoms with E-state index in [9.17, 15) is 14.5 Å². The number of aromatic nitrogens is 4. The molecule has 3 heterocycles. The summed E-state index contributed by atoms with van der Waals surface area (Å²) in [7, 11) is -4.20. The van der Waals surface area contributed by atoms with E-state index >= 15 is 0 Å². The molecule has 0 saturated carbocycles. The standard InChI is InChI=1S/C25H34ClN6O7P/c1-15(22(34)36-12-24(2,3)4)31-40(35,39-16-9-7-6-8-10-16)37-11-17-19(33)25(5,26)23(38-17)32-14-30-18-20(27)28-13-29-21(18)32/h6-10,13-15,17,19,23,33H,11-12H2,1-5H3,(H,31,35)(H2,27,28,29)/t15-,17-,19-,23-,25-,40-/m1/s1. The lowest BCUT2D eigenvalue weighted by Crippen LogP contribution is -2.40. The Bertz CT molecular complexity index is 1380. The molecule has 13 nitrogen and oxygen atoms in total. The summed E-state index contributed by atoms with van der Waals surface area (Å²) in [6.45, 7) is 8.61. The molecule has 4 rings (SSSR count). The van der Waals surface area contributed by atoms with Gasteiger partial charge in [0, 0.05) is 0 Å². The number of para-hydroxylation sites is 1. The van der Waals surface area contributed by atoms with Gasteiger partial charge in [0.1, 0.15) is 40.7 Å². The Balaban J connectivity index is 1.51.